The Labute approximate surface area is 246 Å². The van der Waals surface area contributed by atoms with Gasteiger partial charge in [-0.25, -0.2) is 4.98 Å². The summed E-state index contributed by atoms with van der Waals surface area (Å²) in [5.41, 5.74) is 1.76. The number of amides is 3. The van der Waals surface area contributed by atoms with E-state index in [1.54, 1.807) is 12.3 Å². The number of benzene rings is 1. The lowest BCUT2D eigenvalue weighted by Gasteiger charge is -2.46. The minimum atomic E-state index is -0.418. The van der Waals surface area contributed by atoms with Crippen LogP contribution in [0.15, 0.2) is 29.8 Å². The smallest absolute Gasteiger partial charge is 0.264 e. The van der Waals surface area contributed by atoms with Gasteiger partial charge in [0.2, 0.25) is 5.91 Å². The van der Waals surface area contributed by atoms with Crippen LogP contribution >= 0.6 is 11.3 Å². The van der Waals surface area contributed by atoms with Gasteiger partial charge in [-0.05, 0) is 44.7 Å². The van der Waals surface area contributed by atoms with Crippen LogP contribution in [0.3, 0.4) is 0 Å². The van der Waals surface area contributed by atoms with Gasteiger partial charge in [0.1, 0.15) is 5.01 Å². The van der Waals surface area contributed by atoms with E-state index in [0.29, 0.717) is 30.8 Å². The molecule has 1 aliphatic carbocycles. The number of piperidine rings is 1. The largest absolute Gasteiger partial charge is 0.379 e. The number of fused-ring (bicyclic) bond motifs is 1. The molecule has 220 valence electrons. The summed E-state index contributed by atoms with van der Waals surface area (Å²) in [7, 11) is 0. The number of imide groups is 1. The number of hydrogen-bond acceptors (Lipinski definition) is 8. The molecule has 4 heterocycles. The van der Waals surface area contributed by atoms with Crippen LogP contribution in [0.2, 0.25) is 0 Å². The third kappa shape index (κ3) is 5.53. The number of aromatic nitrogens is 1. The molecule has 4 aliphatic rings. The molecule has 3 aliphatic heterocycles. The van der Waals surface area contributed by atoms with Gasteiger partial charge in [0.05, 0.1) is 36.1 Å². The fourth-order valence-electron chi connectivity index (χ4n) is 7.26. The first-order valence-electron chi connectivity index (χ1n) is 15.2. The summed E-state index contributed by atoms with van der Waals surface area (Å²) in [6, 6.07) is 5.11. The van der Waals surface area contributed by atoms with E-state index in [4.69, 9.17) is 4.74 Å². The Balaban J connectivity index is 1.10. The number of carbonyl (C=O) groups is 3. The average Bonchev–Trinajstić information content (AvgIpc) is 3.56. The highest BCUT2D eigenvalue weighted by Gasteiger charge is 2.43. The Morgan fingerprint density at radius 1 is 1.07 bits per heavy atom. The van der Waals surface area contributed by atoms with Gasteiger partial charge < -0.3 is 15.0 Å². The molecule has 6 rings (SSSR count). The van der Waals surface area contributed by atoms with Crippen LogP contribution in [0.1, 0.15) is 90.1 Å². The van der Waals surface area contributed by atoms with Crippen molar-refractivity contribution >= 4 is 34.7 Å². The Kier molecular flexibility index (Phi) is 8.42. The van der Waals surface area contributed by atoms with Crippen molar-refractivity contribution in [2.45, 2.75) is 69.9 Å². The van der Waals surface area contributed by atoms with Crippen LogP contribution in [0, 0.1) is 5.92 Å². The normalized spacial score (nSPS) is 22.9. The maximum Gasteiger partial charge on any atom is 0.264 e. The predicted molar refractivity (Wildman–Crippen MR) is 158 cm³/mol. The number of morpholine rings is 1. The minimum Gasteiger partial charge on any atom is -0.379 e. The van der Waals surface area contributed by atoms with Crippen LogP contribution in [0.25, 0.3) is 0 Å². The molecule has 0 bridgehead atoms. The molecule has 1 N–H and O–H groups in total. The van der Waals surface area contributed by atoms with E-state index in [2.05, 4.69) is 20.1 Å². The molecule has 9 nitrogen and oxygen atoms in total. The maximum atomic E-state index is 13.6. The van der Waals surface area contributed by atoms with Crippen molar-refractivity contribution in [1.29, 1.82) is 0 Å². The first-order chi connectivity index (χ1) is 20.0. The summed E-state index contributed by atoms with van der Waals surface area (Å²) in [6.45, 7) is 7.33. The Morgan fingerprint density at radius 2 is 1.80 bits per heavy atom. The van der Waals surface area contributed by atoms with Crippen molar-refractivity contribution in [3.8, 4) is 0 Å². The summed E-state index contributed by atoms with van der Waals surface area (Å²) in [5, 5.41) is 5.98. The van der Waals surface area contributed by atoms with Gasteiger partial charge in [-0.15, -0.1) is 11.3 Å². The monoisotopic (exact) mass is 579 g/mol. The summed E-state index contributed by atoms with van der Waals surface area (Å²) >= 11 is 1.44. The summed E-state index contributed by atoms with van der Waals surface area (Å²) in [5.74, 6) is -0.430. The molecule has 1 aromatic carbocycles. The molecule has 41 heavy (non-hydrogen) atoms. The number of ether oxygens (including phenoxy) is 1. The van der Waals surface area contributed by atoms with E-state index in [-0.39, 0.29) is 29.2 Å². The quantitative estimate of drug-likeness (QED) is 0.387. The zero-order valence-corrected chi connectivity index (χ0v) is 24.8. The standard InChI is InChI=1S/C31H41N5O4S/c1-22(28-32-13-20-41-28)36-29(38)24-7-6-8-25(26(24)30(36)39)34-14-9-23(10-15-34)27(37)33-21-31(11-4-2-3-5-12-31)35-16-18-40-19-17-35/h6-8,13,20,22-23H,2-5,9-12,14-19,21H2,1H3,(H,33,37)/t22-/m1/s1. The summed E-state index contributed by atoms with van der Waals surface area (Å²) in [6.07, 6.45) is 10.4. The van der Waals surface area contributed by atoms with Crippen molar-refractivity contribution in [1.82, 2.24) is 20.1 Å². The maximum absolute atomic E-state index is 13.6. The molecule has 0 radical (unpaired) electrons. The van der Waals surface area contributed by atoms with Crippen LogP contribution in [0.4, 0.5) is 5.69 Å². The second kappa shape index (κ2) is 12.2. The van der Waals surface area contributed by atoms with Crippen molar-refractivity contribution < 1.29 is 19.1 Å². The number of hydrogen-bond donors (Lipinski definition) is 1. The van der Waals surface area contributed by atoms with Crippen LogP contribution in [-0.4, -0.2) is 84.0 Å². The number of nitrogens with zero attached hydrogens (tertiary/aromatic N) is 4. The molecule has 1 saturated carbocycles. The fraction of sp³-hybridized carbons (Fsp3) is 0.613. The Bertz CT molecular complexity index is 1250. The molecule has 1 aromatic heterocycles. The lowest BCUT2D eigenvalue weighted by Crippen LogP contribution is -2.59. The topological polar surface area (TPSA) is 95.1 Å². The van der Waals surface area contributed by atoms with Gasteiger partial charge in [-0.1, -0.05) is 31.7 Å². The van der Waals surface area contributed by atoms with E-state index in [1.165, 1.54) is 41.9 Å². The number of carbonyl (C=O) groups excluding carboxylic acids is 3. The minimum absolute atomic E-state index is 0.0375. The molecule has 2 aromatic rings. The number of nitrogens with one attached hydrogen (secondary N) is 1. The van der Waals surface area contributed by atoms with Gasteiger partial charge >= 0.3 is 0 Å². The highest BCUT2D eigenvalue weighted by atomic mass is 32.1. The lowest BCUT2D eigenvalue weighted by atomic mass is 9.86. The van der Waals surface area contributed by atoms with Gasteiger partial charge in [-0.3, -0.25) is 24.2 Å². The first kappa shape index (κ1) is 28.3. The second-order valence-electron chi connectivity index (χ2n) is 11.9. The van der Waals surface area contributed by atoms with Crippen molar-refractivity contribution in [3.05, 3.63) is 45.9 Å². The number of anilines is 1. The summed E-state index contributed by atoms with van der Waals surface area (Å²) in [4.78, 5) is 50.7. The molecule has 3 amide bonds. The van der Waals surface area contributed by atoms with E-state index in [9.17, 15) is 14.4 Å². The zero-order chi connectivity index (χ0) is 28.4. The van der Waals surface area contributed by atoms with E-state index in [1.807, 2.05) is 24.4 Å². The molecule has 0 spiro atoms. The molecule has 2 saturated heterocycles. The second-order valence-corrected chi connectivity index (χ2v) is 12.9. The van der Waals surface area contributed by atoms with Gasteiger partial charge in [0, 0.05) is 55.8 Å². The molecular formula is C31H41N5O4S. The SMILES string of the molecule is C[C@H](c1nccs1)N1C(=O)c2cccc(N3CCC(C(=O)NCC4(N5CCOCC5)CCCCCC4)CC3)c2C1=O. The van der Waals surface area contributed by atoms with Gasteiger partial charge in [0.15, 0.2) is 0 Å². The van der Waals surface area contributed by atoms with Crippen molar-refractivity contribution in [2.75, 3.05) is 50.8 Å². The van der Waals surface area contributed by atoms with Crippen molar-refractivity contribution in [3.63, 3.8) is 0 Å². The van der Waals surface area contributed by atoms with E-state index in [0.717, 1.165) is 62.7 Å². The Hall–Kier alpha value is -2.82. The lowest BCUT2D eigenvalue weighted by molar-refractivity contribution is -0.126. The third-order valence-electron chi connectivity index (χ3n) is 9.63. The summed E-state index contributed by atoms with van der Waals surface area (Å²) < 4.78 is 5.63. The first-order valence-corrected chi connectivity index (χ1v) is 16.1. The molecule has 0 unspecified atom stereocenters. The molecule has 1 atom stereocenters. The molecule has 10 heteroatoms. The fourth-order valence-corrected chi connectivity index (χ4v) is 7.95. The highest BCUT2D eigenvalue weighted by Crippen LogP contribution is 2.38. The predicted octanol–water partition coefficient (Wildman–Crippen LogP) is 4.26. The number of rotatable bonds is 7. The van der Waals surface area contributed by atoms with E-state index < -0.39 is 6.04 Å². The number of thiazole rings is 1. The zero-order valence-electron chi connectivity index (χ0n) is 24.0. The van der Waals surface area contributed by atoms with E-state index >= 15 is 0 Å². The van der Waals surface area contributed by atoms with Crippen LogP contribution in [0.5, 0.6) is 0 Å². The average molecular weight is 580 g/mol. The van der Waals surface area contributed by atoms with Crippen LogP contribution < -0.4 is 10.2 Å². The molecule has 3 fully saturated rings. The third-order valence-corrected chi connectivity index (χ3v) is 10.6. The Morgan fingerprint density at radius 3 is 2.49 bits per heavy atom. The van der Waals surface area contributed by atoms with Crippen LogP contribution in [-0.2, 0) is 9.53 Å². The highest BCUT2D eigenvalue weighted by molar-refractivity contribution is 7.09. The molecular weight excluding hydrogens is 538 g/mol. The van der Waals surface area contributed by atoms with Gasteiger partial charge in [-0.2, -0.15) is 0 Å². The van der Waals surface area contributed by atoms with Gasteiger partial charge in [0.25, 0.3) is 11.8 Å². The van der Waals surface area contributed by atoms with Crippen molar-refractivity contribution in [2.24, 2.45) is 5.92 Å².